The van der Waals surface area contributed by atoms with Crippen LogP contribution in [0.25, 0.3) is 10.8 Å². The summed E-state index contributed by atoms with van der Waals surface area (Å²) in [6, 6.07) is 4.37. The van der Waals surface area contributed by atoms with Gasteiger partial charge in [0.2, 0.25) is 0 Å². The molecule has 0 aliphatic rings. The Bertz CT molecular complexity index is 829. The number of thiophene rings is 1. The molecule has 0 unspecified atom stereocenters. The topological polar surface area (TPSA) is 18.5 Å². The minimum atomic E-state index is 0.793. The minimum Gasteiger partial charge on any atom is -0.490 e. The van der Waals surface area contributed by atoms with Gasteiger partial charge in [-0.1, -0.05) is 168 Å². The molecule has 1 heterocycles. The average Bonchev–Trinajstić information content (AvgIpc) is 3.44. The van der Waals surface area contributed by atoms with Crippen LogP contribution in [-0.2, 0) is 0 Å². The summed E-state index contributed by atoms with van der Waals surface area (Å²) in [5, 5.41) is 6.96. The van der Waals surface area contributed by atoms with Crippen molar-refractivity contribution in [2.75, 3.05) is 13.2 Å². The maximum Gasteiger partial charge on any atom is 0.161 e. The van der Waals surface area contributed by atoms with Gasteiger partial charge in [0.05, 0.1) is 13.2 Å². The first kappa shape index (κ1) is 36.0. The molecule has 0 radical (unpaired) electrons. The SMILES string of the molecule is CCCCCCCCCCCCCCCCCCOc1cc2cscc2cc1OCCCCCCCCCCCC. The Labute approximate surface area is 259 Å². The number of rotatable bonds is 30. The van der Waals surface area contributed by atoms with E-state index in [0.717, 1.165) is 37.6 Å². The molecule has 2 aromatic rings. The van der Waals surface area contributed by atoms with Gasteiger partial charge in [-0.3, -0.25) is 0 Å². The molecule has 2 rings (SSSR count). The molecule has 41 heavy (non-hydrogen) atoms. The number of benzene rings is 1. The summed E-state index contributed by atoms with van der Waals surface area (Å²) in [5.74, 6) is 1.87. The molecule has 0 bridgehead atoms. The molecule has 0 saturated heterocycles. The maximum atomic E-state index is 6.26. The molecule has 0 aliphatic heterocycles. The fourth-order valence-electron chi connectivity index (χ4n) is 5.81. The molecule has 0 aliphatic carbocycles. The van der Waals surface area contributed by atoms with E-state index in [0.29, 0.717) is 0 Å². The lowest BCUT2D eigenvalue weighted by Crippen LogP contribution is -2.03. The van der Waals surface area contributed by atoms with Gasteiger partial charge >= 0.3 is 0 Å². The summed E-state index contributed by atoms with van der Waals surface area (Å²) in [7, 11) is 0. The average molecular weight is 587 g/mol. The van der Waals surface area contributed by atoms with Crippen molar-refractivity contribution < 1.29 is 9.47 Å². The van der Waals surface area contributed by atoms with Crippen molar-refractivity contribution in [2.45, 2.75) is 181 Å². The van der Waals surface area contributed by atoms with Gasteiger partial charge in [-0.2, -0.15) is 11.3 Å². The Morgan fingerprint density at radius 3 is 0.951 bits per heavy atom. The Balaban J connectivity index is 1.48. The Kier molecular flexibility index (Phi) is 23.2. The van der Waals surface area contributed by atoms with Gasteiger partial charge < -0.3 is 9.47 Å². The lowest BCUT2D eigenvalue weighted by atomic mass is 10.0. The molecular weight excluding hydrogens is 520 g/mol. The van der Waals surface area contributed by atoms with Crippen molar-refractivity contribution in [3.8, 4) is 11.5 Å². The van der Waals surface area contributed by atoms with Crippen molar-refractivity contribution in [3.63, 3.8) is 0 Å². The quantitative estimate of drug-likeness (QED) is 0.0848. The van der Waals surface area contributed by atoms with E-state index in [1.54, 1.807) is 11.3 Å². The van der Waals surface area contributed by atoms with E-state index in [9.17, 15) is 0 Å². The zero-order valence-corrected chi connectivity index (χ0v) is 28.1. The third-order valence-corrected chi connectivity index (χ3v) is 9.33. The lowest BCUT2D eigenvalue weighted by Gasteiger charge is -2.13. The molecule has 1 aromatic heterocycles. The maximum absolute atomic E-state index is 6.26. The van der Waals surface area contributed by atoms with E-state index in [1.165, 1.54) is 165 Å². The van der Waals surface area contributed by atoms with Crippen LogP contribution in [-0.4, -0.2) is 13.2 Å². The molecule has 2 nitrogen and oxygen atoms in total. The van der Waals surface area contributed by atoms with Crippen LogP contribution in [0.3, 0.4) is 0 Å². The van der Waals surface area contributed by atoms with Gasteiger partial charge in [0, 0.05) is 0 Å². The second-order valence-electron chi connectivity index (χ2n) is 12.5. The Morgan fingerprint density at radius 1 is 0.390 bits per heavy atom. The first-order valence-corrected chi connectivity index (χ1v) is 19.0. The van der Waals surface area contributed by atoms with Gasteiger partial charge in [0.1, 0.15) is 0 Å². The predicted molar refractivity (Wildman–Crippen MR) is 184 cm³/mol. The van der Waals surface area contributed by atoms with Crippen molar-refractivity contribution in [2.24, 2.45) is 0 Å². The highest BCUT2D eigenvalue weighted by Gasteiger charge is 2.09. The molecule has 0 saturated carbocycles. The molecule has 236 valence electrons. The molecule has 1 aromatic carbocycles. The summed E-state index contributed by atoms with van der Waals surface area (Å²) in [6.45, 7) is 6.18. The molecule has 0 fully saturated rings. The molecule has 3 heteroatoms. The van der Waals surface area contributed by atoms with Crippen molar-refractivity contribution in [3.05, 3.63) is 22.9 Å². The van der Waals surface area contributed by atoms with Gasteiger partial charge in [-0.15, -0.1) is 0 Å². The van der Waals surface area contributed by atoms with Crippen LogP contribution in [0.15, 0.2) is 22.9 Å². The summed E-state index contributed by atoms with van der Waals surface area (Å²) in [4.78, 5) is 0. The van der Waals surface area contributed by atoms with Crippen molar-refractivity contribution in [1.29, 1.82) is 0 Å². The zero-order chi connectivity index (χ0) is 29.1. The fraction of sp³-hybridized carbons (Fsp3) is 0.789. The standard InChI is InChI=1S/C38H66O2S/c1-3-5-7-9-11-13-15-16-17-18-19-20-22-24-26-28-30-40-38-32-36-34-41-33-35(36)31-37(38)39-29-27-25-23-21-14-12-10-8-6-4-2/h31-34H,3-30H2,1-2H3. The van der Waals surface area contributed by atoms with E-state index < -0.39 is 0 Å². The third-order valence-electron chi connectivity index (χ3n) is 8.55. The third kappa shape index (κ3) is 18.8. The second-order valence-corrected chi connectivity index (χ2v) is 13.2. The number of fused-ring (bicyclic) bond motifs is 1. The second kappa shape index (κ2) is 26.4. The smallest absolute Gasteiger partial charge is 0.161 e. The summed E-state index contributed by atoms with van der Waals surface area (Å²) >= 11 is 1.76. The van der Waals surface area contributed by atoms with E-state index in [-0.39, 0.29) is 0 Å². The fourth-order valence-corrected chi connectivity index (χ4v) is 6.58. The number of unbranched alkanes of at least 4 members (excludes halogenated alkanes) is 24. The van der Waals surface area contributed by atoms with Gasteiger partial charge in [-0.05, 0) is 46.5 Å². The zero-order valence-electron chi connectivity index (χ0n) is 27.3. The van der Waals surface area contributed by atoms with E-state index in [2.05, 4.69) is 36.7 Å². The molecular formula is C38H66O2S. The molecule has 0 amide bonds. The van der Waals surface area contributed by atoms with Crippen molar-refractivity contribution in [1.82, 2.24) is 0 Å². The van der Waals surface area contributed by atoms with Crippen LogP contribution in [0.4, 0.5) is 0 Å². The highest BCUT2D eigenvalue weighted by atomic mass is 32.1. The Hall–Kier alpha value is -1.22. The molecule has 0 atom stereocenters. The highest BCUT2D eigenvalue weighted by Crippen LogP contribution is 2.34. The van der Waals surface area contributed by atoms with Crippen LogP contribution in [0.1, 0.15) is 181 Å². The van der Waals surface area contributed by atoms with Crippen molar-refractivity contribution >= 4 is 22.1 Å². The van der Waals surface area contributed by atoms with Crippen LogP contribution >= 0.6 is 11.3 Å². The largest absolute Gasteiger partial charge is 0.490 e. The summed E-state index contributed by atoms with van der Waals surface area (Å²) in [5.41, 5.74) is 0. The summed E-state index contributed by atoms with van der Waals surface area (Å²) < 4.78 is 12.5. The molecule has 0 spiro atoms. The van der Waals surface area contributed by atoms with Gasteiger partial charge in [0.15, 0.2) is 11.5 Å². The minimum absolute atomic E-state index is 0.793. The van der Waals surface area contributed by atoms with Crippen LogP contribution in [0.5, 0.6) is 11.5 Å². The number of hydrogen-bond donors (Lipinski definition) is 0. The number of hydrogen-bond acceptors (Lipinski definition) is 3. The first-order chi connectivity index (χ1) is 20.3. The summed E-state index contributed by atoms with van der Waals surface area (Å²) in [6.07, 6.45) is 35.9. The monoisotopic (exact) mass is 586 g/mol. The highest BCUT2D eigenvalue weighted by molar-refractivity contribution is 7.09. The van der Waals surface area contributed by atoms with Crippen LogP contribution in [0.2, 0.25) is 0 Å². The van der Waals surface area contributed by atoms with E-state index in [1.807, 2.05) is 0 Å². The predicted octanol–water partition coefficient (Wildman–Crippen LogP) is 13.8. The molecule has 0 N–H and O–H groups in total. The van der Waals surface area contributed by atoms with Gasteiger partial charge in [-0.25, -0.2) is 0 Å². The first-order valence-electron chi connectivity index (χ1n) is 18.1. The number of ether oxygens (including phenoxy) is 2. The Morgan fingerprint density at radius 2 is 0.659 bits per heavy atom. The lowest BCUT2D eigenvalue weighted by molar-refractivity contribution is 0.259. The van der Waals surface area contributed by atoms with Crippen LogP contribution < -0.4 is 9.47 Å². The van der Waals surface area contributed by atoms with E-state index >= 15 is 0 Å². The van der Waals surface area contributed by atoms with E-state index in [4.69, 9.17) is 9.47 Å². The normalized spacial score (nSPS) is 11.5. The van der Waals surface area contributed by atoms with Gasteiger partial charge in [0.25, 0.3) is 0 Å². The van der Waals surface area contributed by atoms with Crippen LogP contribution in [0, 0.1) is 0 Å².